The van der Waals surface area contributed by atoms with Gasteiger partial charge in [0.25, 0.3) is 0 Å². The van der Waals surface area contributed by atoms with Crippen LogP contribution >= 0.6 is 23.5 Å². The molecule has 1 fully saturated rings. The summed E-state index contributed by atoms with van der Waals surface area (Å²) in [6.45, 7) is 2.59. The van der Waals surface area contributed by atoms with Gasteiger partial charge in [0, 0.05) is 23.9 Å². The lowest BCUT2D eigenvalue weighted by atomic mass is 10.2. The number of thioether (sulfide) groups is 2. The van der Waals surface area contributed by atoms with Gasteiger partial charge < -0.3 is 14.6 Å². The first-order valence-electron chi connectivity index (χ1n) is 10.2. The standard InChI is InChI=1S/C21H30N4O2S2/c1-15(29-18-12-10-17(27-2)11-13-18)20(26)22-14-6-9-19-23-24-21(28-3)25(19)16-7-4-5-8-16/h10-13,15-16H,4-9,14H2,1-3H3,(H,22,26). The van der Waals surface area contributed by atoms with Crippen LogP contribution in [-0.4, -0.2) is 45.8 Å². The molecule has 0 spiro atoms. The number of amides is 1. The Kier molecular flexibility index (Phi) is 8.29. The smallest absolute Gasteiger partial charge is 0.233 e. The highest BCUT2D eigenvalue weighted by Crippen LogP contribution is 2.33. The minimum atomic E-state index is -0.145. The predicted molar refractivity (Wildman–Crippen MR) is 119 cm³/mol. The van der Waals surface area contributed by atoms with Gasteiger partial charge in [0.2, 0.25) is 5.91 Å². The number of nitrogens with one attached hydrogen (secondary N) is 1. The number of carbonyl (C=O) groups is 1. The van der Waals surface area contributed by atoms with Crippen molar-refractivity contribution in [3.8, 4) is 5.75 Å². The molecule has 1 heterocycles. The maximum absolute atomic E-state index is 12.4. The Labute approximate surface area is 181 Å². The Bertz CT molecular complexity index is 788. The van der Waals surface area contributed by atoms with Crippen LogP contribution in [0.3, 0.4) is 0 Å². The zero-order valence-electron chi connectivity index (χ0n) is 17.4. The first-order chi connectivity index (χ1) is 14.1. The first kappa shape index (κ1) is 22.0. The molecule has 158 valence electrons. The Morgan fingerprint density at radius 2 is 2.00 bits per heavy atom. The van der Waals surface area contributed by atoms with Crippen molar-refractivity contribution in [1.82, 2.24) is 20.1 Å². The summed E-state index contributed by atoms with van der Waals surface area (Å²) in [4.78, 5) is 13.5. The van der Waals surface area contributed by atoms with E-state index in [2.05, 4.69) is 26.3 Å². The number of hydrogen-bond donors (Lipinski definition) is 1. The zero-order valence-corrected chi connectivity index (χ0v) is 19.0. The van der Waals surface area contributed by atoms with Crippen molar-refractivity contribution in [1.29, 1.82) is 0 Å². The Morgan fingerprint density at radius 3 is 2.66 bits per heavy atom. The summed E-state index contributed by atoms with van der Waals surface area (Å²) >= 11 is 3.22. The molecule has 29 heavy (non-hydrogen) atoms. The second-order valence-corrected chi connectivity index (χ2v) is 9.43. The van der Waals surface area contributed by atoms with Gasteiger partial charge in [-0.25, -0.2) is 0 Å². The van der Waals surface area contributed by atoms with Crippen LogP contribution in [0.2, 0.25) is 0 Å². The largest absolute Gasteiger partial charge is 0.497 e. The summed E-state index contributed by atoms with van der Waals surface area (Å²) in [6.07, 6.45) is 8.77. The fourth-order valence-corrected chi connectivity index (χ4v) is 5.13. The number of ether oxygens (including phenoxy) is 1. The zero-order chi connectivity index (χ0) is 20.6. The van der Waals surface area contributed by atoms with Crippen LogP contribution in [-0.2, 0) is 11.2 Å². The number of methoxy groups -OCH3 is 1. The number of aromatic nitrogens is 3. The van der Waals surface area contributed by atoms with Gasteiger partial charge in [0.05, 0.1) is 12.4 Å². The van der Waals surface area contributed by atoms with Gasteiger partial charge in [-0.1, -0.05) is 24.6 Å². The lowest BCUT2D eigenvalue weighted by molar-refractivity contribution is -0.120. The maximum Gasteiger partial charge on any atom is 0.233 e. The maximum atomic E-state index is 12.4. The van der Waals surface area contributed by atoms with Gasteiger partial charge in [0.15, 0.2) is 5.16 Å². The average Bonchev–Trinajstić information content (AvgIpc) is 3.40. The van der Waals surface area contributed by atoms with E-state index >= 15 is 0 Å². The highest BCUT2D eigenvalue weighted by atomic mass is 32.2. The van der Waals surface area contributed by atoms with Crippen molar-refractivity contribution >= 4 is 29.4 Å². The van der Waals surface area contributed by atoms with Crippen LogP contribution in [0, 0.1) is 0 Å². The Hall–Kier alpha value is -1.67. The molecule has 0 bridgehead atoms. The van der Waals surface area contributed by atoms with E-state index in [1.54, 1.807) is 30.6 Å². The van der Waals surface area contributed by atoms with E-state index in [0.717, 1.165) is 34.5 Å². The normalized spacial score (nSPS) is 15.4. The number of carbonyl (C=O) groups excluding carboxylic acids is 1. The molecule has 1 saturated carbocycles. The number of aryl methyl sites for hydroxylation is 1. The van der Waals surface area contributed by atoms with E-state index in [1.165, 1.54) is 25.7 Å². The fourth-order valence-electron chi connectivity index (χ4n) is 3.66. The molecule has 2 aromatic rings. The lowest BCUT2D eigenvalue weighted by Gasteiger charge is -2.16. The van der Waals surface area contributed by atoms with Crippen LogP contribution in [0.15, 0.2) is 34.3 Å². The van der Waals surface area contributed by atoms with Crippen LogP contribution in [0.5, 0.6) is 5.75 Å². The number of rotatable bonds is 10. The third-order valence-corrected chi connectivity index (χ3v) is 6.98. The molecule has 1 aromatic heterocycles. The number of benzene rings is 1. The third kappa shape index (κ3) is 5.92. The van der Waals surface area contributed by atoms with Gasteiger partial charge in [-0.3, -0.25) is 4.79 Å². The molecule has 0 saturated heterocycles. The average molecular weight is 435 g/mol. The summed E-state index contributed by atoms with van der Waals surface area (Å²) in [5.74, 6) is 1.94. The Balaban J connectivity index is 1.45. The molecule has 1 amide bonds. The predicted octanol–water partition coefficient (Wildman–Crippen LogP) is 4.35. The van der Waals surface area contributed by atoms with Crippen LogP contribution in [0.25, 0.3) is 0 Å². The summed E-state index contributed by atoms with van der Waals surface area (Å²) in [7, 11) is 1.65. The van der Waals surface area contributed by atoms with Crippen LogP contribution < -0.4 is 10.1 Å². The molecule has 1 unspecified atom stereocenters. The van der Waals surface area contributed by atoms with Gasteiger partial charge in [-0.05, 0) is 56.7 Å². The van der Waals surface area contributed by atoms with Crippen molar-refractivity contribution in [3.05, 3.63) is 30.1 Å². The minimum absolute atomic E-state index is 0.0629. The molecule has 1 atom stereocenters. The number of nitrogens with zero attached hydrogens (tertiary/aromatic N) is 3. The molecule has 1 aliphatic rings. The second-order valence-electron chi connectivity index (χ2n) is 7.24. The van der Waals surface area contributed by atoms with Crippen molar-refractivity contribution in [3.63, 3.8) is 0 Å². The molecule has 1 aromatic carbocycles. The van der Waals surface area contributed by atoms with Crippen molar-refractivity contribution in [2.24, 2.45) is 0 Å². The van der Waals surface area contributed by atoms with Crippen LogP contribution in [0.1, 0.15) is 50.9 Å². The molecular weight excluding hydrogens is 404 g/mol. The van der Waals surface area contributed by atoms with Crippen molar-refractivity contribution in [2.75, 3.05) is 19.9 Å². The molecule has 3 rings (SSSR count). The quantitative estimate of drug-likeness (QED) is 0.443. The second kappa shape index (κ2) is 10.9. The fraction of sp³-hybridized carbons (Fsp3) is 0.571. The molecule has 0 aliphatic heterocycles. The topological polar surface area (TPSA) is 69.0 Å². The monoisotopic (exact) mass is 434 g/mol. The highest BCUT2D eigenvalue weighted by molar-refractivity contribution is 8.00. The van der Waals surface area contributed by atoms with E-state index in [0.29, 0.717) is 12.6 Å². The SMILES string of the molecule is COc1ccc(SC(C)C(=O)NCCCc2nnc(SC)n2C2CCCC2)cc1. The lowest BCUT2D eigenvalue weighted by Crippen LogP contribution is -2.32. The summed E-state index contributed by atoms with van der Waals surface area (Å²) in [5, 5.41) is 12.7. The van der Waals surface area contributed by atoms with E-state index in [9.17, 15) is 4.79 Å². The van der Waals surface area contributed by atoms with Gasteiger partial charge in [-0.15, -0.1) is 22.0 Å². The molecule has 1 aliphatic carbocycles. The van der Waals surface area contributed by atoms with E-state index in [1.807, 2.05) is 31.2 Å². The molecule has 1 N–H and O–H groups in total. The van der Waals surface area contributed by atoms with Gasteiger partial charge >= 0.3 is 0 Å². The van der Waals surface area contributed by atoms with Crippen molar-refractivity contribution < 1.29 is 9.53 Å². The summed E-state index contributed by atoms with van der Waals surface area (Å²) in [5.41, 5.74) is 0. The minimum Gasteiger partial charge on any atom is -0.497 e. The molecule has 8 heteroatoms. The summed E-state index contributed by atoms with van der Waals surface area (Å²) < 4.78 is 7.51. The van der Waals surface area contributed by atoms with E-state index < -0.39 is 0 Å². The Morgan fingerprint density at radius 1 is 1.28 bits per heavy atom. The third-order valence-electron chi connectivity index (χ3n) is 5.23. The van der Waals surface area contributed by atoms with Crippen LogP contribution in [0.4, 0.5) is 0 Å². The van der Waals surface area contributed by atoms with Gasteiger partial charge in [-0.2, -0.15) is 0 Å². The molecule has 6 nitrogen and oxygen atoms in total. The van der Waals surface area contributed by atoms with E-state index in [4.69, 9.17) is 4.74 Å². The van der Waals surface area contributed by atoms with Gasteiger partial charge in [0.1, 0.15) is 11.6 Å². The molecular formula is C21H30N4O2S2. The van der Waals surface area contributed by atoms with E-state index in [-0.39, 0.29) is 11.2 Å². The van der Waals surface area contributed by atoms with Crippen molar-refractivity contribution in [2.45, 2.75) is 66.8 Å². The number of hydrogen-bond acceptors (Lipinski definition) is 6. The first-order valence-corrected chi connectivity index (χ1v) is 12.3. The summed E-state index contributed by atoms with van der Waals surface area (Å²) in [6, 6.07) is 8.32. The molecule has 0 radical (unpaired) electrons. The highest BCUT2D eigenvalue weighted by Gasteiger charge is 2.23.